The fraction of sp³-hybridized carbons (Fsp3) is 0.879. The zero-order valence-corrected chi connectivity index (χ0v) is 26.3. The highest BCUT2D eigenvalue weighted by Crippen LogP contribution is 2.66. The van der Waals surface area contributed by atoms with Crippen LogP contribution in [0.5, 0.6) is 0 Å². The molecule has 1 N–H and O–H groups in total. The highest BCUT2D eigenvalue weighted by atomic mass is 28.4. The van der Waals surface area contributed by atoms with E-state index in [0.29, 0.717) is 35.4 Å². The van der Waals surface area contributed by atoms with Crippen LogP contribution in [-0.4, -0.2) is 26.1 Å². The van der Waals surface area contributed by atoms with Crippen LogP contribution in [0.3, 0.4) is 0 Å². The molecule has 36 heavy (non-hydrogen) atoms. The molecule has 206 valence electrons. The molecule has 7 atom stereocenters. The summed E-state index contributed by atoms with van der Waals surface area (Å²) in [6.45, 7) is 22.1. The molecule has 0 aromatic heterocycles. The maximum absolute atomic E-state index is 10.4. The fourth-order valence-electron chi connectivity index (χ4n) is 8.69. The van der Waals surface area contributed by atoms with E-state index in [4.69, 9.17) is 4.43 Å². The maximum atomic E-state index is 10.4. The summed E-state index contributed by atoms with van der Waals surface area (Å²) in [5.41, 5.74) is 4.15. The van der Waals surface area contributed by atoms with Gasteiger partial charge in [0.2, 0.25) is 0 Å². The smallest absolute Gasteiger partial charge is 0.192 e. The Morgan fingerprint density at radius 3 is 2.36 bits per heavy atom. The number of fused-ring (bicyclic) bond motifs is 5. The largest absolute Gasteiger partial charge is 0.414 e. The molecule has 0 heterocycles. The van der Waals surface area contributed by atoms with Crippen molar-refractivity contribution in [2.45, 2.75) is 137 Å². The predicted octanol–water partition coefficient (Wildman–Crippen LogP) is 9.31. The Morgan fingerprint density at radius 2 is 1.72 bits per heavy atom. The Hall–Kier alpha value is -0.383. The van der Waals surface area contributed by atoms with Crippen molar-refractivity contribution in [3.05, 3.63) is 23.3 Å². The van der Waals surface area contributed by atoms with Crippen molar-refractivity contribution in [3.8, 4) is 0 Å². The van der Waals surface area contributed by atoms with Gasteiger partial charge in [-0.3, -0.25) is 0 Å². The number of rotatable bonds is 8. The third-order valence-electron chi connectivity index (χ3n) is 12.0. The summed E-state index contributed by atoms with van der Waals surface area (Å²) >= 11 is 0. The SMILES string of the molecule is CC(C)CCC[C@@H](CO)[C@H]1CC[C@H]2C3=CC=C4C[C@@H](O[Si](C)(C)C(C)(C)C)CC[C@]4(C)[C@H]3CC[C@]12C. The summed E-state index contributed by atoms with van der Waals surface area (Å²) < 4.78 is 6.91. The van der Waals surface area contributed by atoms with E-state index in [2.05, 4.69) is 73.7 Å². The van der Waals surface area contributed by atoms with Crippen LogP contribution < -0.4 is 0 Å². The zero-order valence-electron chi connectivity index (χ0n) is 25.3. The number of hydrogen-bond acceptors (Lipinski definition) is 2. The summed E-state index contributed by atoms with van der Waals surface area (Å²) in [6.07, 6.45) is 18.3. The number of hydrogen-bond donors (Lipinski definition) is 1. The molecule has 3 saturated carbocycles. The molecule has 3 fully saturated rings. The minimum Gasteiger partial charge on any atom is -0.414 e. The van der Waals surface area contributed by atoms with Gasteiger partial charge in [-0.2, -0.15) is 0 Å². The summed E-state index contributed by atoms with van der Waals surface area (Å²) in [7, 11) is -1.74. The highest BCUT2D eigenvalue weighted by Gasteiger charge is 2.57. The Kier molecular flexibility index (Phi) is 8.19. The molecule has 4 aliphatic carbocycles. The van der Waals surface area contributed by atoms with Gasteiger partial charge in [-0.15, -0.1) is 0 Å². The van der Waals surface area contributed by atoms with Gasteiger partial charge < -0.3 is 9.53 Å². The van der Waals surface area contributed by atoms with Crippen LogP contribution in [0.4, 0.5) is 0 Å². The van der Waals surface area contributed by atoms with Crippen molar-refractivity contribution in [2.75, 3.05) is 6.61 Å². The van der Waals surface area contributed by atoms with Gasteiger partial charge in [-0.25, -0.2) is 0 Å². The van der Waals surface area contributed by atoms with E-state index in [9.17, 15) is 5.11 Å². The normalized spacial score (nSPS) is 37.6. The van der Waals surface area contributed by atoms with Crippen molar-refractivity contribution < 1.29 is 9.53 Å². The Bertz CT molecular complexity index is 848. The van der Waals surface area contributed by atoms with E-state index in [0.717, 1.165) is 24.2 Å². The third-order valence-corrected chi connectivity index (χ3v) is 16.6. The van der Waals surface area contributed by atoms with Crippen LogP contribution in [0.1, 0.15) is 113 Å². The second-order valence-electron chi connectivity index (χ2n) is 15.6. The van der Waals surface area contributed by atoms with Crippen molar-refractivity contribution in [1.29, 1.82) is 0 Å². The molecule has 2 nitrogen and oxygen atoms in total. The lowest BCUT2D eigenvalue weighted by Crippen LogP contribution is -2.49. The average molecular weight is 515 g/mol. The van der Waals surface area contributed by atoms with Crippen LogP contribution in [0, 0.1) is 40.4 Å². The third kappa shape index (κ3) is 5.12. The molecular weight excluding hydrogens is 456 g/mol. The lowest BCUT2D eigenvalue weighted by atomic mass is 9.50. The lowest BCUT2D eigenvalue weighted by molar-refractivity contribution is 0.0194. The number of aliphatic hydroxyl groups is 1. The molecule has 0 spiro atoms. The second kappa shape index (κ2) is 10.3. The van der Waals surface area contributed by atoms with E-state index in [1.807, 2.05) is 0 Å². The van der Waals surface area contributed by atoms with E-state index < -0.39 is 8.32 Å². The lowest BCUT2D eigenvalue weighted by Gasteiger charge is -2.56. The van der Waals surface area contributed by atoms with Crippen molar-refractivity contribution >= 4 is 8.32 Å². The topological polar surface area (TPSA) is 29.5 Å². The fourth-order valence-corrected chi connectivity index (χ4v) is 10.1. The van der Waals surface area contributed by atoms with Gasteiger partial charge >= 0.3 is 0 Å². The van der Waals surface area contributed by atoms with E-state index in [1.165, 1.54) is 57.8 Å². The van der Waals surface area contributed by atoms with E-state index >= 15 is 0 Å². The van der Waals surface area contributed by atoms with Crippen molar-refractivity contribution in [1.82, 2.24) is 0 Å². The molecular formula is C33H58O2Si. The Labute approximate surface area is 224 Å². The van der Waals surface area contributed by atoms with Gasteiger partial charge in [-0.1, -0.05) is 84.6 Å². The predicted molar refractivity (Wildman–Crippen MR) is 157 cm³/mol. The monoisotopic (exact) mass is 514 g/mol. The van der Waals surface area contributed by atoms with Gasteiger partial charge in [0.25, 0.3) is 0 Å². The van der Waals surface area contributed by atoms with Crippen molar-refractivity contribution in [3.63, 3.8) is 0 Å². The molecule has 0 unspecified atom stereocenters. The van der Waals surface area contributed by atoms with Crippen molar-refractivity contribution in [2.24, 2.45) is 40.4 Å². The van der Waals surface area contributed by atoms with Crippen LogP contribution in [0.25, 0.3) is 0 Å². The van der Waals surface area contributed by atoms with Crippen LogP contribution in [-0.2, 0) is 4.43 Å². The molecule has 0 bridgehead atoms. The number of allylic oxidation sites excluding steroid dienone is 3. The van der Waals surface area contributed by atoms with Gasteiger partial charge in [0.05, 0.1) is 0 Å². The first-order chi connectivity index (χ1) is 16.7. The molecule has 0 radical (unpaired) electrons. The van der Waals surface area contributed by atoms with Gasteiger partial charge in [0, 0.05) is 12.7 Å². The molecule has 4 aliphatic rings. The summed E-state index contributed by atoms with van der Waals surface area (Å²) in [6, 6.07) is 0. The Balaban J connectivity index is 1.51. The molecule has 3 heteroatoms. The standard InChI is InChI=1S/C33H58O2Si/c1-23(2)11-10-12-24(22-34)28-15-16-29-27-14-13-25-21-26(35-36(8,9)31(3,4)5)17-19-32(25,6)30(27)18-20-33(28,29)7/h13-14,23-24,26,28-30,34H,10-12,15-22H2,1-9H3/t24-,26-,28+,29-,30-,32-,33+/m0/s1. The molecule has 0 amide bonds. The summed E-state index contributed by atoms with van der Waals surface area (Å²) in [4.78, 5) is 0. The molecule has 4 rings (SSSR count). The number of aliphatic hydroxyl groups excluding tert-OH is 1. The molecule has 0 aromatic carbocycles. The van der Waals surface area contributed by atoms with E-state index in [-0.39, 0.29) is 5.04 Å². The quantitative estimate of drug-likeness (QED) is 0.327. The summed E-state index contributed by atoms with van der Waals surface area (Å²) in [5.74, 6) is 3.38. The maximum Gasteiger partial charge on any atom is 0.192 e. The van der Waals surface area contributed by atoms with E-state index in [1.54, 1.807) is 11.1 Å². The first-order valence-corrected chi connectivity index (χ1v) is 18.3. The minimum absolute atomic E-state index is 0.274. The minimum atomic E-state index is -1.74. The average Bonchev–Trinajstić information content (AvgIpc) is 3.13. The van der Waals surface area contributed by atoms with Gasteiger partial charge in [0.1, 0.15) is 0 Å². The first-order valence-electron chi connectivity index (χ1n) is 15.4. The van der Waals surface area contributed by atoms with Crippen LogP contribution in [0.2, 0.25) is 18.1 Å². The van der Waals surface area contributed by atoms with Gasteiger partial charge in [0.15, 0.2) is 8.32 Å². The zero-order chi connectivity index (χ0) is 26.5. The van der Waals surface area contributed by atoms with Gasteiger partial charge in [-0.05, 0) is 110 Å². The second-order valence-corrected chi connectivity index (χ2v) is 20.4. The first kappa shape index (κ1) is 28.6. The molecule has 0 aromatic rings. The highest BCUT2D eigenvalue weighted by molar-refractivity contribution is 6.74. The molecule has 0 saturated heterocycles. The van der Waals surface area contributed by atoms with Crippen LogP contribution in [0.15, 0.2) is 23.3 Å². The molecule has 0 aliphatic heterocycles. The van der Waals surface area contributed by atoms with Crippen LogP contribution >= 0.6 is 0 Å². The Morgan fingerprint density at radius 1 is 1.00 bits per heavy atom. The summed E-state index contributed by atoms with van der Waals surface area (Å²) in [5, 5.41) is 10.7.